The molecule has 3 aromatic heterocycles. The minimum absolute atomic E-state index is 0.126. The average Bonchev–Trinajstić information content (AvgIpc) is 3.74. The third-order valence-electron chi connectivity index (χ3n) is 6.08. The maximum atomic E-state index is 13.6. The lowest BCUT2D eigenvalue weighted by Gasteiger charge is -2.35. The van der Waals surface area contributed by atoms with E-state index in [0.717, 1.165) is 17.1 Å². The van der Waals surface area contributed by atoms with Crippen LogP contribution in [0.4, 0.5) is 11.6 Å². The fourth-order valence-corrected chi connectivity index (χ4v) is 4.74. The van der Waals surface area contributed by atoms with Gasteiger partial charge >= 0.3 is 0 Å². The highest BCUT2D eigenvalue weighted by atomic mass is 32.2. The molecule has 1 saturated carbocycles. The van der Waals surface area contributed by atoms with Crippen LogP contribution in [0.5, 0.6) is 5.88 Å². The van der Waals surface area contributed by atoms with Crippen LogP contribution in [0.25, 0.3) is 11.3 Å². The van der Waals surface area contributed by atoms with Gasteiger partial charge in [0.2, 0.25) is 11.8 Å². The van der Waals surface area contributed by atoms with Crippen LogP contribution in [0.3, 0.4) is 0 Å². The largest absolute Gasteiger partial charge is 0.477 e. The zero-order valence-electron chi connectivity index (χ0n) is 19.6. The smallest absolute Gasteiger partial charge is 0.237 e. The van der Waals surface area contributed by atoms with E-state index in [9.17, 15) is 4.79 Å². The number of nitrogens with one attached hydrogen (secondary N) is 2. The zero-order chi connectivity index (χ0) is 24.1. The van der Waals surface area contributed by atoms with Crippen molar-refractivity contribution in [2.75, 3.05) is 29.9 Å². The quantitative estimate of drug-likeness (QED) is 0.424. The monoisotopic (exact) mass is 492 g/mol. The Morgan fingerprint density at radius 1 is 1.11 bits per heavy atom. The van der Waals surface area contributed by atoms with E-state index in [1.807, 2.05) is 31.2 Å². The van der Waals surface area contributed by atoms with Gasteiger partial charge in [-0.3, -0.25) is 9.78 Å². The molecular weight excluding hydrogens is 464 g/mol. The number of rotatable bonds is 9. The van der Waals surface area contributed by atoms with Crippen molar-refractivity contribution in [1.29, 1.82) is 0 Å². The molecule has 10 heteroatoms. The van der Waals surface area contributed by atoms with E-state index in [4.69, 9.17) is 14.5 Å². The summed E-state index contributed by atoms with van der Waals surface area (Å²) in [5.41, 5.74) is 1.41. The van der Waals surface area contributed by atoms with Gasteiger partial charge in [0, 0.05) is 30.2 Å². The van der Waals surface area contributed by atoms with Crippen LogP contribution in [0.1, 0.15) is 38.3 Å². The molecule has 0 spiro atoms. The van der Waals surface area contributed by atoms with Gasteiger partial charge in [-0.25, -0.2) is 15.0 Å². The number of aromatic nitrogens is 4. The molecule has 182 valence electrons. The molecule has 0 radical (unpaired) electrons. The maximum Gasteiger partial charge on any atom is 0.237 e. The zero-order valence-corrected chi connectivity index (χ0v) is 20.4. The standard InChI is InChI=1S/C25H28N6O3S/c1-2-34-23-16-26-15-19(28-23)17-6-9-21(27-14-17)30-24(32)25(10-12-33-13-11-25)20-4-3-5-22(29-20)31-35-18-7-8-18/h3-6,9,14-16,18H,2,7-8,10-13H2,1H3,(H,29,31)(H,27,30,32). The van der Waals surface area contributed by atoms with Crippen LogP contribution in [-0.2, 0) is 14.9 Å². The predicted molar refractivity (Wildman–Crippen MR) is 135 cm³/mol. The average molecular weight is 493 g/mol. The van der Waals surface area contributed by atoms with Crippen LogP contribution >= 0.6 is 11.9 Å². The van der Waals surface area contributed by atoms with Gasteiger partial charge in [0.15, 0.2) is 0 Å². The Bertz CT molecular complexity index is 1170. The molecule has 2 N–H and O–H groups in total. The van der Waals surface area contributed by atoms with Crippen LogP contribution in [-0.4, -0.2) is 50.9 Å². The summed E-state index contributed by atoms with van der Waals surface area (Å²) in [6.45, 7) is 3.42. The van der Waals surface area contributed by atoms with Gasteiger partial charge in [0.05, 0.1) is 35.8 Å². The van der Waals surface area contributed by atoms with Crippen molar-refractivity contribution in [3.8, 4) is 17.1 Å². The van der Waals surface area contributed by atoms with E-state index in [0.29, 0.717) is 55.3 Å². The highest BCUT2D eigenvalue weighted by Crippen LogP contribution is 2.37. The van der Waals surface area contributed by atoms with Gasteiger partial charge in [-0.1, -0.05) is 6.07 Å². The Hall–Kier alpha value is -3.24. The number of nitrogens with zero attached hydrogens (tertiary/aromatic N) is 4. The number of amides is 1. The molecule has 1 aliphatic heterocycles. The van der Waals surface area contributed by atoms with Gasteiger partial charge in [-0.2, -0.15) is 0 Å². The Balaban J connectivity index is 1.33. The van der Waals surface area contributed by atoms with E-state index in [1.54, 1.807) is 36.6 Å². The number of pyridine rings is 2. The van der Waals surface area contributed by atoms with E-state index < -0.39 is 5.41 Å². The normalized spacial score (nSPS) is 16.9. The highest BCUT2D eigenvalue weighted by Gasteiger charge is 2.43. The summed E-state index contributed by atoms with van der Waals surface area (Å²) in [7, 11) is 0. The number of anilines is 2. The molecule has 2 aliphatic rings. The summed E-state index contributed by atoms with van der Waals surface area (Å²) in [6.07, 6.45) is 8.49. The van der Waals surface area contributed by atoms with Gasteiger partial charge < -0.3 is 19.5 Å². The minimum Gasteiger partial charge on any atom is -0.477 e. The molecule has 5 rings (SSSR count). The van der Waals surface area contributed by atoms with Crippen molar-refractivity contribution < 1.29 is 14.3 Å². The minimum atomic E-state index is -0.780. The molecule has 9 nitrogen and oxygen atoms in total. The number of carbonyl (C=O) groups is 1. The molecule has 2 fully saturated rings. The van der Waals surface area contributed by atoms with Crippen LogP contribution in [0.2, 0.25) is 0 Å². The molecule has 4 heterocycles. The molecule has 0 unspecified atom stereocenters. The molecular formula is C25H28N6O3S. The Labute approximate surface area is 208 Å². The second kappa shape index (κ2) is 10.6. The second-order valence-corrected chi connectivity index (χ2v) is 9.69. The number of hydrogen-bond acceptors (Lipinski definition) is 9. The van der Waals surface area contributed by atoms with E-state index >= 15 is 0 Å². The number of carbonyl (C=O) groups excluding carboxylic acids is 1. The fourth-order valence-electron chi connectivity index (χ4n) is 3.97. The van der Waals surface area contributed by atoms with Crippen molar-refractivity contribution in [3.05, 3.63) is 54.6 Å². The van der Waals surface area contributed by atoms with Crippen molar-refractivity contribution in [1.82, 2.24) is 19.9 Å². The Kier molecular flexibility index (Phi) is 7.10. The lowest BCUT2D eigenvalue weighted by atomic mass is 9.76. The van der Waals surface area contributed by atoms with Crippen molar-refractivity contribution in [2.24, 2.45) is 0 Å². The molecule has 0 bridgehead atoms. The summed E-state index contributed by atoms with van der Waals surface area (Å²) in [5, 5.41) is 3.66. The lowest BCUT2D eigenvalue weighted by molar-refractivity contribution is -0.125. The van der Waals surface area contributed by atoms with Crippen molar-refractivity contribution >= 4 is 29.5 Å². The summed E-state index contributed by atoms with van der Waals surface area (Å²) < 4.78 is 14.4. The topological polar surface area (TPSA) is 111 Å². The van der Waals surface area contributed by atoms with Crippen LogP contribution < -0.4 is 14.8 Å². The summed E-state index contributed by atoms with van der Waals surface area (Å²) in [5.74, 6) is 1.58. The van der Waals surface area contributed by atoms with E-state index in [-0.39, 0.29) is 5.91 Å². The van der Waals surface area contributed by atoms with Crippen molar-refractivity contribution in [2.45, 2.75) is 43.3 Å². The van der Waals surface area contributed by atoms with Crippen LogP contribution in [0, 0.1) is 0 Å². The van der Waals surface area contributed by atoms with Gasteiger partial charge in [0.1, 0.15) is 11.6 Å². The third-order valence-corrected chi connectivity index (χ3v) is 7.21. The van der Waals surface area contributed by atoms with E-state index in [1.165, 1.54) is 12.8 Å². The molecule has 1 amide bonds. The fraction of sp³-hybridized carbons (Fsp3) is 0.400. The predicted octanol–water partition coefficient (Wildman–Crippen LogP) is 4.24. The van der Waals surface area contributed by atoms with Crippen LogP contribution in [0.15, 0.2) is 48.9 Å². The first kappa shape index (κ1) is 23.5. The van der Waals surface area contributed by atoms with Gasteiger partial charge in [-0.15, -0.1) is 0 Å². The summed E-state index contributed by atoms with van der Waals surface area (Å²) in [6, 6.07) is 9.45. The SMILES string of the molecule is CCOc1cncc(-c2ccc(NC(=O)C3(c4cccc(NSC5CC5)n4)CCOCC3)nc2)n1. The highest BCUT2D eigenvalue weighted by molar-refractivity contribution is 8.01. The van der Waals surface area contributed by atoms with E-state index in [2.05, 4.69) is 25.0 Å². The molecule has 0 atom stereocenters. The molecule has 1 aliphatic carbocycles. The number of hydrogen-bond donors (Lipinski definition) is 2. The Morgan fingerprint density at radius 2 is 1.97 bits per heavy atom. The number of ether oxygens (including phenoxy) is 2. The first-order valence-corrected chi connectivity index (χ1v) is 12.7. The van der Waals surface area contributed by atoms with Gasteiger partial charge in [0.25, 0.3) is 0 Å². The summed E-state index contributed by atoms with van der Waals surface area (Å²) in [4.78, 5) is 31.5. The first-order chi connectivity index (χ1) is 17.2. The Morgan fingerprint density at radius 3 is 2.71 bits per heavy atom. The van der Waals surface area contributed by atoms with Crippen molar-refractivity contribution in [3.63, 3.8) is 0 Å². The maximum absolute atomic E-state index is 13.6. The molecule has 3 aromatic rings. The lowest BCUT2D eigenvalue weighted by Crippen LogP contribution is -2.45. The third kappa shape index (κ3) is 5.54. The molecule has 1 saturated heterocycles. The first-order valence-electron chi connectivity index (χ1n) is 11.9. The summed E-state index contributed by atoms with van der Waals surface area (Å²) >= 11 is 1.70. The second-order valence-electron chi connectivity index (χ2n) is 8.58. The molecule has 35 heavy (non-hydrogen) atoms. The molecule has 0 aromatic carbocycles. The van der Waals surface area contributed by atoms with Gasteiger partial charge in [-0.05, 0) is 68.8 Å².